The Labute approximate surface area is 206 Å². The molecule has 3 unspecified atom stereocenters. The van der Waals surface area contributed by atoms with Crippen LogP contribution in [0.4, 0.5) is 0 Å². The van der Waals surface area contributed by atoms with E-state index in [4.69, 9.17) is 37.9 Å². The summed E-state index contributed by atoms with van der Waals surface area (Å²) in [6.07, 6.45) is -0.330. The average Bonchev–Trinajstić information content (AvgIpc) is 3.23. The summed E-state index contributed by atoms with van der Waals surface area (Å²) in [5.74, 6) is -2.00. The highest BCUT2D eigenvalue weighted by atomic mass is 16.9. The van der Waals surface area contributed by atoms with Crippen LogP contribution < -0.4 is 9.47 Å². The number of methoxy groups -OCH3 is 2. The topological polar surface area (TPSA) is 114 Å². The Hall–Kier alpha value is -2.47. The van der Waals surface area contributed by atoms with E-state index >= 15 is 0 Å². The van der Waals surface area contributed by atoms with E-state index in [1.807, 2.05) is 13.0 Å². The van der Waals surface area contributed by atoms with Crippen LogP contribution in [0, 0.1) is 6.92 Å². The van der Waals surface area contributed by atoms with Gasteiger partial charge in [-0.05, 0) is 31.4 Å². The molecule has 5 heterocycles. The van der Waals surface area contributed by atoms with Gasteiger partial charge in [-0.15, -0.1) is 0 Å². The smallest absolute Gasteiger partial charge is 0.277 e. The van der Waals surface area contributed by atoms with Gasteiger partial charge >= 0.3 is 0 Å². The van der Waals surface area contributed by atoms with Crippen LogP contribution >= 0.6 is 0 Å². The van der Waals surface area contributed by atoms with Gasteiger partial charge in [0.15, 0.2) is 11.9 Å². The van der Waals surface area contributed by atoms with E-state index in [1.165, 1.54) is 0 Å². The Morgan fingerprint density at radius 3 is 2.61 bits per heavy atom. The second-order valence-corrected chi connectivity index (χ2v) is 10.3. The first-order valence-electron chi connectivity index (χ1n) is 12.3. The molecule has 5 aliphatic heterocycles. The number of rotatable bonds is 3. The number of phenols is 1. The minimum Gasteiger partial charge on any atom is -0.506 e. The molecule has 1 aliphatic carbocycles. The summed E-state index contributed by atoms with van der Waals surface area (Å²) >= 11 is 0. The van der Waals surface area contributed by atoms with Crippen LogP contribution in [0.2, 0.25) is 0 Å². The second kappa shape index (κ2) is 6.69. The van der Waals surface area contributed by atoms with Crippen molar-refractivity contribution in [2.24, 2.45) is 0 Å². The standard InChI is InChI=1S/C26H26O10/c1-11-9-13-17(18(28)16-12(19(13)29-2)5-4-6-14(16)27)20-15(11)21-22-25(30-3,34-20)24(10-33-24)26(35-21,36-22)23-31-7-8-32-23/h9,21-23,28H,4-8,10H2,1-3H3/t21?,22?,24-,25+,26?/m0/s1. The molecule has 36 heavy (non-hydrogen) atoms. The predicted octanol–water partition coefficient (Wildman–Crippen LogP) is 2.42. The van der Waals surface area contributed by atoms with Crippen LogP contribution in [0.5, 0.6) is 17.2 Å². The van der Waals surface area contributed by atoms with Gasteiger partial charge in [-0.2, -0.15) is 0 Å². The van der Waals surface area contributed by atoms with Crippen molar-refractivity contribution in [2.45, 2.75) is 61.9 Å². The lowest BCUT2D eigenvalue weighted by atomic mass is 9.78. The van der Waals surface area contributed by atoms with Crippen molar-refractivity contribution in [3.63, 3.8) is 0 Å². The summed E-state index contributed by atoms with van der Waals surface area (Å²) in [6.45, 7) is 3.04. The highest BCUT2D eigenvalue weighted by Crippen LogP contribution is 2.72. The number of phenolic OH excluding ortho intramolecular Hbond substituents is 1. The van der Waals surface area contributed by atoms with Crippen LogP contribution in [0.3, 0.4) is 0 Å². The van der Waals surface area contributed by atoms with E-state index in [-0.39, 0.29) is 18.1 Å². The van der Waals surface area contributed by atoms with E-state index in [0.29, 0.717) is 60.3 Å². The zero-order chi connectivity index (χ0) is 24.6. The molecule has 5 atom stereocenters. The fraction of sp³-hybridized carbons (Fsp3) is 0.577. The Kier molecular flexibility index (Phi) is 4.01. The molecule has 0 aromatic heterocycles. The molecule has 10 heteroatoms. The maximum absolute atomic E-state index is 13.0. The molecule has 4 saturated heterocycles. The molecular formula is C26H26O10. The third-order valence-electron chi connectivity index (χ3n) is 8.72. The summed E-state index contributed by atoms with van der Waals surface area (Å²) in [6, 6.07) is 1.95. The fourth-order valence-electron chi connectivity index (χ4n) is 7.19. The second-order valence-electron chi connectivity index (χ2n) is 10.3. The molecule has 10 nitrogen and oxygen atoms in total. The monoisotopic (exact) mass is 498 g/mol. The van der Waals surface area contributed by atoms with Gasteiger partial charge < -0.3 is 43.0 Å². The van der Waals surface area contributed by atoms with Gasteiger partial charge in [0.25, 0.3) is 11.6 Å². The van der Waals surface area contributed by atoms with Gasteiger partial charge in [0.2, 0.25) is 11.9 Å². The number of ketones is 1. The Morgan fingerprint density at radius 2 is 1.92 bits per heavy atom. The van der Waals surface area contributed by atoms with Crippen LogP contribution in [-0.4, -0.2) is 74.5 Å². The van der Waals surface area contributed by atoms with Crippen molar-refractivity contribution in [1.29, 1.82) is 0 Å². The van der Waals surface area contributed by atoms with Gasteiger partial charge in [0.05, 0.1) is 37.9 Å². The van der Waals surface area contributed by atoms with Crippen LogP contribution in [0.15, 0.2) is 6.07 Å². The summed E-state index contributed by atoms with van der Waals surface area (Å²) in [5, 5.41) is 12.6. The first-order valence-corrected chi connectivity index (χ1v) is 12.3. The molecule has 2 bridgehead atoms. The normalized spacial score (nSPS) is 37.9. The number of hydrogen-bond acceptors (Lipinski definition) is 10. The molecule has 4 fully saturated rings. The summed E-state index contributed by atoms with van der Waals surface area (Å²) < 4.78 is 49.6. The predicted molar refractivity (Wildman–Crippen MR) is 120 cm³/mol. The number of hydrogen-bond donors (Lipinski definition) is 1. The van der Waals surface area contributed by atoms with Crippen molar-refractivity contribution in [3.8, 4) is 17.2 Å². The number of ether oxygens (including phenoxy) is 8. The molecule has 0 amide bonds. The van der Waals surface area contributed by atoms with Crippen molar-refractivity contribution in [2.75, 3.05) is 34.0 Å². The molecule has 8 rings (SSSR count). The zero-order valence-corrected chi connectivity index (χ0v) is 20.2. The minimum absolute atomic E-state index is 0.107. The van der Waals surface area contributed by atoms with Gasteiger partial charge in [-0.3, -0.25) is 4.79 Å². The SMILES string of the molecule is COc1c2c(c(O)c3c4c(c(C)cc13)C1OC3(C5OCCO5)OC1[C@@](OC)(O4)[C@@]31CO1)C(=O)CCC2. The highest BCUT2D eigenvalue weighted by Gasteiger charge is 2.93. The fourth-order valence-corrected chi connectivity index (χ4v) is 7.19. The quantitative estimate of drug-likeness (QED) is 0.633. The molecule has 6 aliphatic rings. The third kappa shape index (κ3) is 2.13. The van der Waals surface area contributed by atoms with Crippen molar-refractivity contribution >= 4 is 16.6 Å². The summed E-state index contributed by atoms with van der Waals surface area (Å²) in [7, 11) is 3.12. The Morgan fingerprint density at radius 1 is 1.14 bits per heavy atom. The van der Waals surface area contributed by atoms with Crippen molar-refractivity contribution in [1.82, 2.24) is 0 Å². The number of carbonyl (C=O) groups excluding carboxylic acids is 1. The number of aromatic hydroxyl groups is 1. The Balaban J connectivity index is 1.42. The molecule has 2 aromatic carbocycles. The number of epoxide rings is 1. The van der Waals surface area contributed by atoms with Crippen LogP contribution in [-0.2, 0) is 34.8 Å². The zero-order valence-electron chi connectivity index (χ0n) is 20.2. The van der Waals surface area contributed by atoms with E-state index in [0.717, 1.165) is 16.7 Å². The van der Waals surface area contributed by atoms with E-state index in [9.17, 15) is 9.90 Å². The van der Waals surface area contributed by atoms with Crippen molar-refractivity contribution < 1.29 is 47.8 Å². The van der Waals surface area contributed by atoms with Gasteiger partial charge in [0.1, 0.15) is 23.4 Å². The van der Waals surface area contributed by atoms with Gasteiger partial charge in [0, 0.05) is 30.0 Å². The first-order chi connectivity index (χ1) is 17.4. The third-order valence-corrected chi connectivity index (χ3v) is 8.72. The molecule has 2 aromatic rings. The van der Waals surface area contributed by atoms with Crippen molar-refractivity contribution in [3.05, 3.63) is 28.3 Å². The molecular weight excluding hydrogens is 472 g/mol. The maximum atomic E-state index is 13.0. The highest BCUT2D eigenvalue weighted by molar-refractivity contribution is 6.11. The average molecular weight is 498 g/mol. The van der Waals surface area contributed by atoms with Gasteiger partial charge in [-0.25, -0.2) is 0 Å². The van der Waals surface area contributed by atoms with E-state index in [1.54, 1.807) is 14.2 Å². The lowest BCUT2D eigenvalue weighted by molar-refractivity contribution is -0.336. The molecule has 190 valence electrons. The van der Waals surface area contributed by atoms with Crippen LogP contribution in [0.1, 0.15) is 46.0 Å². The summed E-state index contributed by atoms with van der Waals surface area (Å²) in [4.78, 5) is 13.0. The maximum Gasteiger partial charge on any atom is 0.277 e. The lowest BCUT2D eigenvalue weighted by Crippen LogP contribution is -2.69. The number of aryl methyl sites for hydroxylation is 1. The number of carbonyl (C=O) groups is 1. The minimum atomic E-state index is -1.38. The molecule has 1 spiro atoms. The molecule has 0 radical (unpaired) electrons. The van der Waals surface area contributed by atoms with Gasteiger partial charge in [-0.1, -0.05) is 0 Å². The van der Waals surface area contributed by atoms with Crippen LogP contribution in [0.25, 0.3) is 10.8 Å². The number of Topliss-reactive ketones (excluding diaryl/α,β-unsaturated/α-hetero) is 1. The van der Waals surface area contributed by atoms with E-state index < -0.39 is 35.7 Å². The number of benzene rings is 2. The summed E-state index contributed by atoms with van der Waals surface area (Å²) in [5.41, 5.74) is 1.50. The van der Waals surface area contributed by atoms with E-state index in [2.05, 4.69) is 0 Å². The first kappa shape index (κ1) is 21.6. The molecule has 1 N–H and O–H groups in total. The Bertz CT molecular complexity index is 1360. The molecule has 0 saturated carbocycles. The largest absolute Gasteiger partial charge is 0.506 e. The lowest BCUT2D eigenvalue weighted by Gasteiger charge is -2.49. The number of fused-ring (bicyclic) bond motifs is 8.